The molecule has 1 aromatic carbocycles. The van der Waals surface area contributed by atoms with E-state index in [1.54, 1.807) is 29.4 Å². The molecule has 1 aliphatic heterocycles. The van der Waals surface area contributed by atoms with Crippen molar-refractivity contribution in [1.29, 1.82) is 0 Å². The first-order chi connectivity index (χ1) is 12.9. The Kier molecular flexibility index (Phi) is 6.01. The van der Waals surface area contributed by atoms with Crippen LogP contribution in [-0.4, -0.2) is 42.1 Å². The second-order valence-electron chi connectivity index (χ2n) is 6.88. The maximum Gasteiger partial charge on any atom is 0.245 e. The molecule has 0 radical (unpaired) electrons. The highest BCUT2D eigenvalue weighted by atomic mass is 32.2. The van der Waals surface area contributed by atoms with Crippen molar-refractivity contribution in [3.05, 3.63) is 29.9 Å². The number of ether oxygens (including phenoxy) is 1. The fourth-order valence-corrected chi connectivity index (χ4v) is 4.55. The van der Waals surface area contributed by atoms with Gasteiger partial charge in [0.05, 0.1) is 23.2 Å². The quantitative estimate of drug-likeness (QED) is 0.771. The molecule has 9 heteroatoms. The lowest BCUT2D eigenvalue weighted by molar-refractivity contribution is 0.243. The molecule has 0 amide bonds. The smallest absolute Gasteiger partial charge is 0.245 e. The van der Waals surface area contributed by atoms with Crippen molar-refractivity contribution in [2.45, 2.75) is 57.6 Å². The summed E-state index contributed by atoms with van der Waals surface area (Å²) < 4.78 is 38.4. The number of nitrogens with zero attached hydrogens (tertiary/aromatic N) is 3. The number of benzene rings is 1. The molecule has 0 atom stereocenters. The molecule has 1 N–H and O–H groups in total. The van der Waals surface area contributed by atoms with E-state index in [4.69, 9.17) is 9.26 Å². The van der Waals surface area contributed by atoms with E-state index in [1.807, 2.05) is 13.8 Å². The van der Waals surface area contributed by atoms with Crippen molar-refractivity contribution in [2.24, 2.45) is 0 Å². The zero-order chi connectivity index (χ0) is 19.4. The summed E-state index contributed by atoms with van der Waals surface area (Å²) in [4.78, 5) is 4.41. The highest BCUT2D eigenvalue weighted by Gasteiger charge is 2.27. The summed E-state index contributed by atoms with van der Waals surface area (Å²) in [5.41, 5.74) is 0.581. The molecule has 3 rings (SSSR count). The first-order valence-corrected chi connectivity index (χ1v) is 10.6. The zero-order valence-electron chi connectivity index (χ0n) is 15.9. The van der Waals surface area contributed by atoms with Crippen LogP contribution in [0.3, 0.4) is 0 Å². The van der Waals surface area contributed by atoms with E-state index in [-0.39, 0.29) is 17.5 Å². The number of sulfonamides is 1. The van der Waals surface area contributed by atoms with E-state index < -0.39 is 10.0 Å². The first-order valence-electron chi connectivity index (χ1n) is 9.20. The van der Waals surface area contributed by atoms with Crippen LogP contribution in [0.5, 0.6) is 5.75 Å². The van der Waals surface area contributed by atoms with Gasteiger partial charge >= 0.3 is 0 Å². The van der Waals surface area contributed by atoms with Crippen LogP contribution in [0.25, 0.3) is 0 Å². The molecule has 0 spiro atoms. The lowest BCUT2D eigenvalue weighted by Crippen LogP contribution is -2.35. The van der Waals surface area contributed by atoms with Gasteiger partial charge in [-0.2, -0.15) is 9.29 Å². The average molecular weight is 394 g/mol. The number of aryl methyl sites for hydroxylation is 1. The fourth-order valence-electron chi connectivity index (χ4n) is 3.00. The maximum atomic E-state index is 13.0. The summed E-state index contributed by atoms with van der Waals surface area (Å²) in [6, 6.07) is 4.91. The van der Waals surface area contributed by atoms with Crippen molar-refractivity contribution >= 4 is 15.7 Å². The van der Waals surface area contributed by atoms with Crippen LogP contribution in [0.15, 0.2) is 27.6 Å². The maximum absolute atomic E-state index is 13.0. The van der Waals surface area contributed by atoms with Crippen molar-refractivity contribution in [2.75, 3.05) is 18.4 Å². The van der Waals surface area contributed by atoms with Crippen LogP contribution in [0.2, 0.25) is 0 Å². The number of anilines is 1. The largest absolute Gasteiger partial charge is 0.489 e. The third kappa shape index (κ3) is 4.78. The van der Waals surface area contributed by atoms with Crippen LogP contribution >= 0.6 is 0 Å². The fraction of sp³-hybridized carbons (Fsp3) is 0.556. The number of aromatic nitrogens is 2. The Balaban J connectivity index is 1.87. The number of piperidine rings is 1. The molecule has 0 saturated carbocycles. The van der Waals surface area contributed by atoms with Crippen molar-refractivity contribution in [1.82, 2.24) is 14.4 Å². The minimum absolute atomic E-state index is 0.0410. The van der Waals surface area contributed by atoms with Gasteiger partial charge < -0.3 is 14.6 Å². The second-order valence-corrected chi connectivity index (χ2v) is 8.82. The molecule has 148 valence electrons. The molecule has 0 aliphatic carbocycles. The van der Waals surface area contributed by atoms with E-state index in [9.17, 15) is 8.42 Å². The van der Waals surface area contributed by atoms with E-state index in [0.717, 1.165) is 19.3 Å². The first kappa shape index (κ1) is 19.6. The molecule has 27 heavy (non-hydrogen) atoms. The third-order valence-corrected chi connectivity index (χ3v) is 6.16. The van der Waals surface area contributed by atoms with E-state index >= 15 is 0 Å². The molecule has 1 aliphatic rings. The number of rotatable bonds is 7. The van der Waals surface area contributed by atoms with Gasteiger partial charge in [0.15, 0.2) is 5.82 Å². The van der Waals surface area contributed by atoms with Crippen LogP contribution in [0.4, 0.5) is 5.69 Å². The highest BCUT2D eigenvalue weighted by Crippen LogP contribution is 2.31. The Morgan fingerprint density at radius 3 is 2.63 bits per heavy atom. The van der Waals surface area contributed by atoms with Gasteiger partial charge in [-0.05, 0) is 51.8 Å². The van der Waals surface area contributed by atoms with Crippen LogP contribution < -0.4 is 10.1 Å². The Morgan fingerprint density at radius 2 is 2.00 bits per heavy atom. The van der Waals surface area contributed by atoms with E-state index in [2.05, 4.69) is 15.5 Å². The summed E-state index contributed by atoms with van der Waals surface area (Å²) in [7, 11) is -3.52. The summed E-state index contributed by atoms with van der Waals surface area (Å²) >= 11 is 0. The molecule has 1 fully saturated rings. The predicted molar refractivity (Wildman–Crippen MR) is 101 cm³/mol. The van der Waals surface area contributed by atoms with Gasteiger partial charge in [0.25, 0.3) is 0 Å². The Hall–Kier alpha value is -2.13. The molecule has 0 unspecified atom stereocenters. The molecular weight excluding hydrogens is 368 g/mol. The molecule has 1 saturated heterocycles. The van der Waals surface area contributed by atoms with Gasteiger partial charge in [0.2, 0.25) is 15.9 Å². The van der Waals surface area contributed by atoms with E-state index in [0.29, 0.717) is 36.2 Å². The van der Waals surface area contributed by atoms with Crippen LogP contribution in [0, 0.1) is 6.92 Å². The standard InChI is InChI=1S/C18H26N4O4S/c1-13(2)25-17-8-7-15(27(23,24)22-9-5-4-6-10-22)11-16(17)19-12-18-20-14(3)21-26-18/h7-8,11,13,19H,4-6,9-10,12H2,1-3H3. The average Bonchev–Trinajstić information content (AvgIpc) is 3.06. The van der Waals surface area contributed by atoms with Gasteiger partial charge in [-0.25, -0.2) is 8.42 Å². The number of hydrogen-bond acceptors (Lipinski definition) is 7. The second kappa shape index (κ2) is 8.26. The topological polar surface area (TPSA) is 97.6 Å². The highest BCUT2D eigenvalue weighted by molar-refractivity contribution is 7.89. The summed E-state index contributed by atoms with van der Waals surface area (Å²) in [5, 5.41) is 6.92. The minimum atomic E-state index is -3.52. The van der Waals surface area contributed by atoms with Gasteiger partial charge in [-0.3, -0.25) is 0 Å². The molecule has 2 aromatic rings. The number of hydrogen-bond donors (Lipinski definition) is 1. The van der Waals surface area contributed by atoms with Gasteiger partial charge in [0, 0.05) is 13.1 Å². The summed E-state index contributed by atoms with van der Waals surface area (Å²) in [6.07, 6.45) is 2.83. The normalized spacial score (nSPS) is 15.9. The van der Waals surface area contributed by atoms with Crippen LogP contribution in [-0.2, 0) is 16.6 Å². The van der Waals surface area contributed by atoms with Crippen molar-refractivity contribution in [3.8, 4) is 5.75 Å². The molecular formula is C18H26N4O4S. The van der Waals surface area contributed by atoms with Crippen molar-refractivity contribution < 1.29 is 17.7 Å². The van der Waals surface area contributed by atoms with Crippen LogP contribution in [0.1, 0.15) is 44.8 Å². The Bertz CT molecular complexity index is 873. The summed E-state index contributed by atoms with van der Waals surface area (Å²) in [6.45, 7) is 6.99. The van der Waals surface area contributed by atoms with E-state index in [1.165, 1.54) is 0 Å². The molecule has 1 aromatic heterocycles. The van der Waals surface area contributed by atoms with Gasteiger partial charge in [-0.15, -0.1) is 0 Å². The lowest BCUT2D eigenvalue weighted by Gasteiger charge is -2.26. The molecule has 2 heterocycles. The lowest BCUT2D eigenvalue weighted by atomic mass is 10.2. The Morgan fingerprint density at radius 1 is 1.26 bits per heavy atom. The molecule has 0 bridgehead atoms. The minimum Gasteiger partial charge on any atom is -0.489 e. The third-order valence-electron chi connectivity index (χ3n) is 4.27. The predicted octanol–water partition coefficient (Wildman–Crippen LogP) is 2.95. The zero-order valence-corrected chi connectivity index (χ0v) is 16.8. The van der Waals surface area contributed by atoms with Crippen molar-refractivity contribution in [3.63, 3.8) is 0 Å². The summed E-state index contributed by atoms with van der Waals surface area (Å²) in [5.74, 6) is 1.55. The molecule has 8 nitrogen and oxygen atoms in total. The Labute approximate surface area is 160 Å². The number of nitrogens with one attached hydrogen (secondary N) is 1. The van der Waals surface area contributed by atoms with Gasteiger partial charge in [-0.1, -0.05) is 11.6 Å². The van der Waals surface area contributed by atoms with Gasteiger partial charge in [0.1, 0.15) is 5.75 Å². The monoisotopic (exact) mass is 394 g/mol. The SMILES string of the molecule is Cc1noc(CNc2cc(S(=O)(=O)N3CCCCC3)ccc2OC(C)C)n1.